The van der Waals surface area contributed by atoms with E-state index in [9.17, 15) is 9.59 Å². The van der Waals surface area contributed by atoms with Gasteiger partial charge in [-0.2, -0.15) is 0 Å². The Kier molecular flexibility index (Phi) is 7.58. The van der Waals surface area contributed by atoms with E-state index in [1.165, 1.54) is 6.08 Å². The lowest BCUT2D eigenvalue weighted by Gasteiger charge is -2.25. The Morgan fingerprint density at radius 1 is 0.806 bits per heavy atom. The standard InChI is InChI=1S/C30H38O6/c1-28(2,3)34-21-14-12-20(13-15-21)26-25(27(32)36-30(7,8)9)22-18-19(10-16-23(22)33-26)11-17-24(31)35-29(4,5)6/h10-18,25-26H,1-9H3/b17-11+/t25-,26+/m0/s1. The molecule has 0 aliphatic carbocycles. The molecule has 1 heterocycles. The van der Waals surface area contributed by atoms with Crippen molar-refractivity contribution in [3.63, 3.8) is 0 Å². The van der Waals surface area contributed by atoms with Crippen LogP contribution in [0.5, 0.6) is 11.5 Å². The van der Waals surface area contributed by atoms with Crippen molar-refractivity contribution < 1.29 is 28.5 Å². The van der Waals surface area contributed by atoms with Gasteiger partial charge in [0, 0.05) is 11.6 Å². The second-order valence-corrected chi connectivity index (χ2v) is 12.0. The fourth-order valence-electron chi connectivity index (χ4n) is 3.84. The molecule has 0 unspecified atom stereocenters. The molecule has 0 radical (unpaired) electrons. The summed E-state index contributed by atoms with van der Waals surface area (Å²) in [4.78, 5) is 25.5. The van der Waals surface area contributed by atoms with Crippen LogP contribution in [0.4, 0.5) is 0 Å². The topological polar surface area (TPSA) is 71.1 Å². The highest BCUT2D eigenvalue weighted by Crippen LogP contribution is 2.47. The first kappa shape index (κ1) is 27.3. The third-order valence-electron chi connectivity index (χ3n) is 5.04. The third-order valence-corrected chi connectivity index (χ3v) is 5.04. The average Bonchev–Trinajstić information content (AvgIpc) is 3.08. The van der Waals surface area contributed by atoms with E-state index in [0.717, 1.165) is 22.4 Å². The van der Waals surface area contributed by atoms with E-state index in [1.54, 1.807) is 6.08 Å². The number of ether oxygens (including phenoxy) is 4. The molecule has 0 bridgehead atoms. The van der Waals surface area contributed by atoms with Crippen molar-refractivity contribution in [2.75, 3.05) is 0 Å². The molecule has 0 fully saturated rings. The molecule has 6 nitrogen and oxygen atoms in total. The maximum Gasteiger partial charge on any atom is 0.331 e. The highest BCUT2D eigenvalue weighted by Gasteiger charge is 2.43. The van der Waals surface area contributed by atoms with Gasteiger partial charge in [0.05, 0.1) is 0 Å². The molecule has 6 heteroatoms. The summed E-state index contributed by atoms with van der Waals surface area (Å²) in [6.07, 6.45) is 2.51. The number of benzene rings is 2. The maximum absolute atomic E-state index is 13.4. The lowest BCUT2D eigenvalue weighted by Crippen LogP contribution is -2.29. The molecule has 36 heavy (non-hydrogen) atoms. The number of rotatable bonds is 5. The van der Waals surface area contributed by atoms with Gasteiger partial charge in [-0.25, -0.2) is 4.79 Å². The summed E-state index contributed by atoms with van der Waals surface area (Å²) >= 11 is 0. The first-order valence-electron chi connectivity index (χ1n) is 12.2. The van der Waals surface area contributed by atoms with Crippen LogP contribution in [0, 0.1) is 0 Å². The van der Waals surface area contributed by atoms with E-state index in [2.05, 4.69) is 0 Å². The van der Waals surface area contributed by atoms with E-state index >= 15 is 0 Å². The largest absolute Gasteiger partial charge is 0.488 e. The molecule has 0 N–H and O–H groups in total. The normalized spacial score (nSPS) is 17.9. The number of esters is 2. The molecule has 2 aromatic carbocycles. The molecule has 0 saturated heterocycles. The number of fused-ring (bicyclic) bond motifs is 1. The number of carbonyl (C=O) groups excluding carboxylic acids is 2. The van der Waals surface area contributed by atoms with Crippen LogP contribution in [-0.2, 0) is 19.1 Å². The van der Waals surface area contributed by atoms with Crippen LogP contribution in [0.25, 0.3) is 6.08 Å². The van der Waals surface area contributed by atoms with Crippen LogP contribution < -0.4 is 9.47 Å². The van der Waals surface area contributed by atoms with E-state index in [-0.39, 0.29) is 11.6 Å². The summed E-state index contributed by atoms with van der Waals surface area (Å²) in [5.41, 5.74) is 0.777. The zero-order valence-corrected chi connectivity index (χ0v) is 22.8. The fraction of sp³-hybridized carbons (Fsp3) is 0.467. The van der Waals surface area contributed by atoms with Crippen molar-refractivity contribution in [1.29, 1.82) is 0 Å². The van der Waals surface area contributed by atoms with Gasteiger partial charge in [0.2, 0.25) is 0 Å². The van der Waals surface area contributed by atoms with Crippen LogP contribution in [0.1, 0.15) is 91.0 Å². The van der Waals surface area contributed by atoms with Gasteiger partial charge in [0.1, 0.15) is 40.3 Å². The lowest BCUT2D eigenvalue weighted by atomic mass is 9.90. The van der Waals surface area contributed by atoms with E-state index in [1.807, 2.05) is 105 Å². The van der Waals surface area contributed by atoms with Crippen LogP contribution in [0.3, 0.4) is 0 Å². The van der Waals surface area contributed by atoms with Crippen LogP contribution in [0.15, 0.2) is 48.5 Å². The van der Waals surface area contributed by atoms with Crippen molar-refractivity contribution in [2.24, 2.45) is 0 Å². The maximum atomic E-state index is 13.4. The van der Waals surface area contributed by atoms with E-state index in [4.69, 9.17) is 18.9 Å². The molecule has 0 saturated carbocycles. The second-order valence-electron chi connectivity index (χ2n) is 12.0. The van der Waals surface area contributed by atoms with Crippen molar-refractivity contribution >= 4 is 18.0 Å². The minimum atomic E-state index is -0.663. The molecule has 0 amide bonds. The van der Waals surface area contributed by atoms with Crippen molar-refractivity contribution in [2.45, 2.75) is 91.1 Å². The summed E-state index contributed by atoms with van der Waals surface area (Å²) in [5.74, 6) is -0.109. The minimum Gasteiger partial charge on any atom is -0.488 e. The monoisotopic (exact) mass is 494 g/mol. The molecule has 194 valence electrons. The highest BCUT2D eigenvalue weighted by molar-refractivity contribution is 5.88. The first-order valence-corrected chi connectivity index (χ1v) is 12.2. The molecular formula is C30H38O6. The molecule has 1 aliphatic heterocycles. The molecular weight excluding hydrogens is 456 g/mol. The summed E-state index contributed by atoms with van der Waals surface area (Å²) < 4.78 is 23.3. The third kappa shape index (κ3) is 7.61. The van der Waals surface area contributed by atoms with Gasteiger partial charge >= 0.3 is 11.9 Å². The Labute approximate surface area is 214 Å². The molecule has 0 aromatic heterocycles. The van der Waals surface area contributed by atoms with Crippen molar-refractivity contribution in [3.8, 4) is 11.5 Å². The lowest BCUT2D eigenvalue weighted by molar-refractivity contribution is -0.158. The molecule has 0 spiro atoms. The smallest absolute Gasteiger partial charge is 0.331 e. The highest BCUT2D eigenvalue weighted by atomic mass is 16.6. The van der Waals surface area contributed by atoms with Crippen molar-refractivity contribution in [1.82, 2.24) is 0 Å². The molecule has 3 rings (SSSR count). The molecule has 2 aromatic rings. The van der Waals surface area contributed by atoms with Crippen molar-refractivity contribution in [3.05, 3.63) is 65.2 Å². The second kappa shape index (κ2) is 10.00. The van der Waals surface area contributed by atoms with Gasteiger partial charge in [-0.1, -0.05) is 18.2 Å². The van der Waals surface area contributed by atoms with Crippen LogP contribution in [0.2, 0.25) is 0 Å². The van der Waals surface area contributed by atoms with Gasteiger partial charge in [-0.3, -0.25) is 4.79 Å². The van der Waals surface area contributed by atoms with Gasteiger partial charge in [0.25, 0.3) is 0 Å². The van der Waals surface area contributed by atoms with Crippen LogP contribution >= 0.6 is 0 Å². The summed E-state index contributed by atoms with van der Waals surface area (Å²) in [7, 11) is 0. The number of carbonyl (C=O) groups is 2. The average molecular weight is 495 g/mol. The van der Waals surface area contributed by atoms with E-state index in [0.29, 0.717) is 5.75 Å². The Morgan fingerprint density at radius 2 is 1.42 bits per heavy atom. The minimum absolute atomic E-state index is 0.316. The van der Waals surface area contributed by atoms with E-state index < -0.39 is 29.2 Å². The fourth-order valence-corrected chi connectivity index (χ4v) is 3.84. The zero-order chi connectivity index (χ0) is 26.9. The number of hydrogen-bond acceptors (Lipinski definition) is 6. The Balaban J connectivity index is 1.93. The molecule has 2 atom stereocenters. The van der Waals surface area contributed by atoms with Gasteiger partial charge in [-0.05, 0) is 104 Å². The summed E-state index contributed by atoms with van der Waals surface area (Å²) in [6.45, 7) is 17.0. The quantitative estimate of drug-likeness (QED) is 0.337. The van der Waals surface area contributed by atoms with Crippen LogP contribution in [-0.4, -0.2) is 28.7 Å². The first-order chi connectivity index (χ1) is 16.5. The summed E-state index contributed by atoms with van der Waals surface area (Å²) in [6, 6.07) is 13.1. The predicted molar refractivity (Wildman–Crippen MR) is 140 cm³/mol. The Bertz CT molecular complexity index is 1120. The predicted octanol–water partition coefficient (Wildman–Crippen LogP) is 6.78. The Hall–Kier alpha value is -3.28. The Morgan fingerprint density at radius 3 is 1.97 bits per heavy atom. The molecule has 1 aliphatic rings. The van der Waals surface area contributed by atoms with Gasteiger partial charge in [-0.15, -0.1) is 0 Å². The van der Waals surface area contributed by atoms with Gasteiger partial charge < -0.3 is 18.9 Å². The number of hydrogen-bond donors (Lipinski definition) is 0. The zero-order valence-electron chi connectivity index (χ0n) is 22.8. The summed E-state index contributed by atoms with van der Waals surface area (Å²) in [5, 5.41) is 0. The SMILES string of the molecule is CC(C)(C)OC(=O)/C=C/c1ccc2c(c1)[C@H](C(=O)OC(C)(C)C)[C@@H](c1ccc(OC(C)(C)C)cc1)O2. The van der Waals surface area contributed by atoms with Gasteiger partial charge in [0.15, 0.2) is 0 Å².